The van der Waals surface area contributed by atoms with Crippen LogP contribution in [0.5, 0.6) is 0 Å². The van der Waals surface area contributed by atoms with Crippen molar-refractivity contribution in [2.45, 2.75) is 38.0 Å². The van der Waals surface area contributed by atoms with E-state index in [4.69, 9.17) is 5.73 Å². The summed E-state index contributed by atoms with van der Waals surface area (Å²) in [5, 5.41) is 3.50. The molecule has 0 spiro atoms. The van der Waals surface area contributed by atoms with Crippen LogP contribution < -0.4 is 11.1 Å². The molecule has 3 amide bonds. The Kier molecular flexibility index (Phi) is 4.71. The Balaban J connectivity index is 2.33. The zero-order chi connectivity index (χ0) is 16.4. The molecule has 0 saturated heterocycles. The second-order valence-electron chi connectivity index (χ2n) is 5.37. The third kappa shape index (κ3) is 3.57. The number of benzene rings is 1. The molecule has 0 aliphatic carbocycles. The third-order valence-electron chi connectivity index (χ3n) is 3.34. The van der Waals surface area contributed by atoms with E-state index in [-0.39, 0.29) is 0 Å². The number of nitrogens with two attached hydrogens (primary N) is 1. The van der Waals surface area contributed by atoms with Crippen LogP contribution in [0.15, 0.2) is 23.2 Å². The van der Waals surface area contributed by atoms with Crippen molar-refractivity contribution in [1.29, 1.82) is 0 Å². The molecule has 0 bridgehead atoms. The lowest BCUT2D eigenvalue weighted by Crippen LogP contribution is -2.39. The number of aromatic nitrogens is 1. The summed E-state index contributed by atoms with van der Waals surface area (Å²) in [4.78, 5) is 27.1. The van der Waals surface area contributed by atoms with E-state index in [0.29, 0.717) is 0 Å². The van der Waals surface area contributed by atoms with Gasteiger partial charge in [0.25, 0.3) is 0 Å². The smallest absolute Gasteiger partial charge is 0.318 e. The van der Waals surface area contributed by atoms with Crippen LogP contribution in [-0.2, 0) is 4.79 Å². The number of carbonyl (C=O) groups is 2. The van der Waals surface area contributed by atoms with E-state index in [2.05, 4.69) is 29.4 Å². The highest BCUT2D eigenvalue weighted by atomic mass is 32.2. The Morgan fingerprint density at radius 2 is 1.86 bits per heavy atom. The van der Waals surface area contributed by atoms with Crippen molar-refractivity contribution in [1.82, 2.24) is 10.3 Å². The largest absolute Gasteiger partial charge is 0.351 e. The predicted octanol–water partition coefficient (Wildman–Crippen LogP) is 2.84. The quantitative estimate of drug-likeness (QED) is 0.852. The van der Waals surface area contributed by atoms with Crippen LogP contribution in [0.25, 0.3) is 10.9 Å². The number of rotatable bonds is 3. The first-order valence-corrected chi connectivity index (χ1v) is 7.81. The maximum atomic E-state index is 11.8. The predicted molar refractivity (Wildman–Crippen MR) is 89.0 cm³/mol. The SMILES string of the molecule is Cc1cc(C)c2nc(S[C@H](C)C(=O)NC(N)=O)cc(C)c2c1. The highest BCUT2D eigenvalue weighted by Gasteiger charge is 2.17. The van der Waals surface area contributed by atoms with Gasteiger partial charge in [-0.15, -0.1) is 0 Å². The number of fused-ring (bicyclic) bond motifs is 1. The van der Waals surface area contributed by atoms with Crippen molar-refractivity contribution >= 4 is 34.6 Å². The minimum Gasteiger partial charge on any atom is -0.351 e. The molecule has 2 rings (SSSR count). The van der Waals surface area contributed by atoms with Crippen molar-refractivity contribution in [3.05, 3.63) is 34.9 Å². The van der Waals surface area contributed by atoms with Gasteiger partial charge in [-0.3, -0.25) is 10.1 Å². The number of amides is 3. The first kappa shape index (κ1) is 16.3. The lowest BCUT2D eigenvalue weighted by Gasteiger charge is -2.12. The van der Waals surface area contributed by atoms with Crippen molar-refractivity contribution in [3.8, 4) is 0 Å². The van der Waals surface area contributed by atoms with E-state index in [1.807, 2.05) is 19.9 Å². The van der Waals surface area contributed by atoms with Gasteiger partial charge in [0, 0.05) is 5.39 Å². The van der Waals surface area contributed by atoms with Crippen molar-refractivity contribution < 1.29 is 9.59 Å². The summed E-state index contributed by atoms with van der Waals surface area (Å²) in [6, 6.07) is 5.32. The summed E-state index contributed by atoms with van der Waals surface area (Å²) in [6.45, 7) is 7.83. The Hall–Kier alpha value is -2.08. The molecule has 0 fully saturated rings. The van der Waals surface area contributed by atoms with E-state index in [0.717, 1.165) is 27.1 Å². The molecule has 3 N–H and O–H groups in total. The fourth-order valence-corrected chi connectivity index (χ4v) is 3.25. The van der Waals surface area contributed by atoms with E-state index in [9.17, 15) is 9.59 Å². The molecule has 1 heterocycles. The average molecular weight is 317 g/mol. The number of primary amides is 1. The summed E-state index contributed by atoms with van der Waals surface area (Å²) in [7, 11) is 0. The number of hydrogen-bond acceptors (Lipinski definition) is 4. The number of aryl methyl sites for hydroxylation is 3. The molecule has 0 saturated carbocycles. The maximum absolute atomic E-state index is 11.8. The van der Waals surface area contributed by atoms with Gasteiger partial charge in [0.05, 0.1) is 15.8 Å². The number of imide groups is 1. The molecule has 0 radical (unpaired) electrons. The molecule has 0 aliphatic rings. The van der Waals surface area contributed by atoms with Gasteiger partial charge in [0.1, 0.15) is 0 Å². The number of thioether (sulfide) groups is 1. The molecule has 0 aliphatic heterocycles. The molecule has 6 heteroatoms. The van der Waals surface area contributed by atoms with Gasteiger partial charge in [-0.25, -0.2) is 9.78 Å². The maximum Gasteiger partial charge on any atom is 0.318 e. The van der Waals surface area contributed by atoms with Gasteiger partial charge >= 0.3 is 6.03 Å². The van der Waals surface area contributed by atoms with E-state index < -0.39 is 17.2 Å². The molecule has 116 valence electrons. The Morgan fingerprint density at radius 3 is 2.50 bits per heavy atom. The summed E-state index contributed by atoms with van der Waals surface area (Å²) >= 11 is 1.30. The number of urea groups is 1. The average Bonchev–Trinajstić information content (AvgIpc) is 2.39. The first-order chi connectivity index (χ1) is 10.3. The standard InChI is InChI=1S/C16H19N3O2S/c1-8-5-10(3)14-12(6-8)9(2)7-13(18-14)22-11(4)15(20)19-16(17)21/h5-7,11H,1-4H3,(H3,17,19,20,21)/t11-/m1/s1. The number of carbonyl (C=O) groups excluding carboxylic acids is 2. The van der Waals surface area contributed by atoms with Crippen LogP contribution in [0.1, 0.15) is 23.6 Å². The van der Waals surface area contributed by atoms with Gasteiger partial charge in [-0.05, 0) is 51.0 Å². The van der Waals surface area contributed by atoms with Gasteiger partial charge in [-0.1, -0.05) is 23.4 Å². The lowest BCUT2D eigenvalue weighted by molar-refractivity contribution is -0.119. The summed E-state index contributed by atoms with van der Waals surface area (Å²) in [5.41, 5.74) is 9.32. The zero-order valence-corrected chi connectivity index (χ0v) is 13.9. The number of nitrogens with one attached hydrogen (secondary N) is 1. The van der Waals surface area contributed by atoms with Gasteiger partial charge in [-0.2, -0.15) is 0 Å². The summed E-state index contributed by atoms with van der Waals surface area (Å²) in [5.74, 6) is -0.419. The Bertz CT molecular complexity index is 759. The minimum atomic E-state index is -0.841. The minimum absolute atomic E-state index is 0.419. The van der Waals surface area contributed by atoms with E-state index in [1.54, 1.807) is 6.92 Å². The number of pyridine rings is 1. The number of hydrogen-bond donors (Lipinski definition) is 2. The zero-order valence-electron chi connectivity index (χ0n) is 13.1. The first-order valence-electron chi connectivity index (χ1n) is 6.93. The van der Waals surface area contributed by atoms with Gasteiger partial charge in [0.15, 0.2) is 0 Å². The van der Waals surface area contributed by atoms with Gasteiger partial charge < -0.3 is 5.73 Å². The Morgan fingerprint density at radius 1 is 1.18 bits per heavy atom. The molecular weight excluding hydrogens is 298 g/mol. The molecule has 1 aromatic carbocycles. The van der Waals surface area contributed by atoms with Crippen molar-refractivity contribution in [2.24, 2.45) is 5.73 Å². The third-order valence-corrected chi connectivity index (χ3v) is 4.36. The van der Waals surface area contributed by atoms with E-state index in [1.165, 1.54) is 17.3 Å². The topological polar surface area (TPSA) is 85.1 Å². The molecule has 1 atom stereocenters. The molecule has 1 aromatic heterocycles. The van der Waals surface area contributed by atoms with Crippen LogP contribution in [0.2, 0.25) is 0 Å². The van der Waals surface area contributed by atoms with Gasteiger partial charge in [0.2, 0.25) is 5.91 Å². The van der Waals surface area contributed by atoms with Crippen LogP contribution in [-0.4, -0.2) is 22.2 Å². The summed E-state index contributed by atoms with van der Waals surface area (Å²) < 4.78 is 0. The normalized spacial score (nSPS) is 12.2. The van der Waals surface area contributed by atoms with Crippen LogP contribution >= 0.6 is 11.8 Å². The van der Waals surface area contributed by atoms with Crippen LogP contribution in [0, 0.1) is 20.8 Å². The second kappa shape index (κ2) is 6.36. The monoisotopic (exact) mass is 317 g/mol. The van der Waals surface area contributed by atoms with E-state index >= 15 is 0 Å². The number of nitrogens with zero attached hydrogens (tertiary/aromatic N) is 1. The second-order valence-corrected chi connectivity index (χ2v) is 6.73. The lowest BCUT2D eigenvalue weighted by atomic mass is 10.0. The molecule has 22 heavy (non-hydrogen) atoms. The molecule has 5 nitrogen and oxygen atoms in total. The molecule has 2 aromatic rings. The fourth-order valence-electron chi connectivity index (χ4n) is 2.33. The highest BCUT2D eigenvalue weighted by Crippen LogP contribution is 2.28. The molecular formula is C16H19N3O2S. The van der Waals surface area contributed by atoms with Crippen LogP contribution in [0.3, 0.4) is 0 Å². The summed E-state index contributed by atoms with van der Waals surface area (Å²) in [6.07, 6.45) is 0. The van der Waals surface area contributed by atoms with Crippen molar-refractivity contribution in [3.63, 3.8) is 0 Å². The highest BCUT2D eigenvalue weighted by molar-refractivity contribution is 8.00. The van der Waals surface area contributed by atoms with Crippen LogP contribution in [0.4, 0.5) is 4.79 Å². The molecule has 0 unspecified atom stereocenters. The van der Waals surface area contributed by atoms with Crippen molar-refractivity contribution in [2.75, 3.05) is 0 Å². The fraction of sp³-hybridized carbons (Fsp3) is 0.312. The Labute approximate surface area is 133 Å².